The lowest BCUT2D eigenvalue weighted by molar-refractivity contribution is 0.0899. The fourth-order valence-electron chi connectivity index (χ4n) is 3.30. The first-order chi connectivity index (χ1) is 14.2. The van der Waals surface area contributed by atoms with Gasteiger partial charge in [-0.05, 0) is 51.7 Å². The van der Waals surface area contributed by atoms with Crippen molar-refractivity contribution in [3.8, 4) is 22.8 Å². The van der Waals surface area contributed by atoms with Gasteiger partial charge in [0.05, 0.1) is 18.2 Å². The molecule has 0 spiro atoms. The van der Waals surface area contributed by atoms with E-state index in [0.717, 1.165) is 0 Å². The molecule has 0 atom stereocenters. The van der Waals surface area contributed by atoms with E-state index in [1.807, 2.05) is 32.8 Å². The monoisotopic (exact) mass is 410 g/mol. The largest absolute Gasteiger partial charge is 0.481 e. The minimum Gasteiger partial charge on any atom is -0.481 e. The van der Waals surface area contributed by atoms with Crippen LogP contribution in [-0.2, 0) is 0 Å². The maximum Gasteiger partial charge on any atom is 0.280 e. The van der Waals surface area contributed by atoms with Crippen molar-refractivity contribution in [2.75, 3.05) is 27.7 Å². The second kappa shape index (κ2) is 8.50. The van der Waals surface area contributed by atoms with Crippen LogP contribution >= 0.6 is 0 Å². The van der Waals surface area contributed by atoms with Gasteiger partial charge in [-0.25, -0.2) is 14.6 Å². The first-order valence-electron chi connectivity index (χ1n) is 9.45. The van der Waals surface area contributed by atoms with Crippen LogP contribution in [0.3, 0.4) is 0 Å². The Hall–Kier alpha value is -3.46. The van der Waals surface area contributed by atoms with Crippen LogP contribution in [0.15, 0.2) is 47.7 Å². The number of amides is 1. The summed E-state index contributed by atoms with van der Waals surface area (Å²) in [5, 5.41) is 5.91. The first-order valence-corrected chi connectivity index (χ1v) is 9.45. The predicted molar refractivity (Wildman–Crippen MR) is 114 cm³/mol. The molecule has 0 fully saturated rings. The Labute approximate surface area is 174 Å². The number of hydrogen-bond acceptors (Lipinski definition) is 6. The van der Waals surface area contributed by atoms with Crippen LogP contribution in [0.4, 0.5) is 0 Å². The van der Waals surface area contributed by atoms with Gasteiger partial charge < -0.3 is 15.0 Å². The van der Waals surface area contributed by atoms with Crippen LogP contribution in [0.5, 0.6) is 5.88 Å². The minimum atomic E-state index is -0.393. The predicted octanol–water partition coefficient (Wildman–Crippen LogP) is 1.70. The molecule has 0 radical (unpaired) electrons. The van der Waals surface area contributed by atoms with Crippen LogP contribution in [0, 0.1) is 0 Å². The van der Waals surface area contributed by atoms with Crippen molar-refractivity contribution >= 4 is 5.91 Å². The number of ether oxygens (including phenoxy) is 1. The SMILES string of the molecule is COc1cc(-c2c[nH]n(-c3ccc(C(=O)NC(C)(C)CN(C)C)cn3)c2=O)ccn1. The van der Waals surface area contributed by atoms with Gasteiger partial charge in [-0.3, -0.25) is 14.7 Å². The number of carbonyl (C=O) groups is 1. The number of likely N-dealkylation sites (N-methyl/N-ethyl adjacent to an activating group) is 1. The molecule has 0 bridgehead atoms. The zero-order valence-electron chi connectivity index (χ0n) is 17.8. The number of aromatic amines is 1. The number of aromatic nitrogens is 4. The number of pyridine rings is 2. The first kappa shape index (κ1) is 21.3. The Morgan fingerprint density at radius 2 is 2.03 bits per heavy atom. The molecule has 0 aliphatic heterocycles. The fraction of sp³-hybridized carbons (Fsp3) is 0.333. The lowest BCUT2D eigenvalue weighted by atomic mass is 10.0. The number of methoxy groups -OCH3 is 1. The zero-order valence-corrected chi connectivity index (χ0v) is 17.8. The molecule has 2 N–H and O–H groups in total. The van der Waals surface area contributed by atoms with Crippen LogP contribution in [0.25, 0.3) is 16.9 Å². The highest BCUT2D eigenvalue weighted by Crippen LogP contribution is 2.19. The van der Waals surface area contributed by atoms with Crippen molar-refractivity contribution in [2.45, 2.75) is 19.4 Å². The summed E-state index contributed by atoms with van der Waals surface area (Å²) in [7, 11) is 5.42. The highest BCUT2D eigenvalue weighted by molar-refractivity contribution is 5.94. The minimum absolute atomic E-state index is 0.218. The molecule has 0 aromatic carbocycles. The summed E-state index contributed by atoms with van der Waals surface area (Å²) in [5.41, 5.74) is 0.908. The van der Waals surface area contributed by atoms with Crippen molar-refractivity contribution in [3.63, 3.8) is 0 Å². The standard InChI is InChI=1S/C21H26N6O3/c1-21(2,13-26(3)4)25-19(28)15-6-7-17(23-11-15)27-20(29)16(12-24-27)14-8-9-22-18(10-14)30-5/h6-12,24H,13H2,1-5H3,(H,25,28). The van der Waals surface area contributed by atoms with E-state index in [4.69, 9.17) is 4.74 Å². The number of rotatable bonds is 7. The normalized spacial score (nSPS) is 11.5. The summed E-state index contributed by atoms with van der Waals surface area (Å²) in [6.07, 6.45) is 4.64. The van der Waals surface area contributed by atoms with Crippen molar-refractivity contribution in [1.82, 2.24) is 30.0 Å². The second-order valence-corrected chi connectivity index (χ2v) is 7.90. The molecule has 9 heteroatoms. The van der Waals surface area contributed by atoms with Gasteiger partial charge in [0.15, 0.2) is 5.82 Å². The molecule has 9 nitrogen and oxygen atoms in total. The van der Waals surface area contributed by atoms with Gasteiger partial charge in [0.25, 0.3) is 11.5 Å². The third kappa shape index (κ3) is 4.74. The van der Waals surface area contributed by atoms with E-state index in [-0.39, 0.29) is 11.5 Å². The Morgan fingerprint density at radius 3 is 2.67 bits per heavy atom. The van der Waals surface area contributed by atoms with Crippen molar-refractivity contribution in [1.29, 1.82) is 0 Å². The zero-order chi connectivity index (χ0) is 21.9. The number of nitrogens with one attached hydrogen (secondary N) is 2. The van der Waals surface area contributed by atoms with Crippen molar-refractivity contribution < 1.29 is 9.53 Å². The maximum atomic E-state index is 12.8. The van der Waals surface area contributed by atoms with E-state index in [0.29, 0.717) is 34.9 Å². The van der Waals surface area contributed by atoms with Crippen LogP contribution in [-0.4, -0.2) is 63.8 Å². The molecule has 3 rings (SSSR count). The Kier molecular flexibility index (Phi) is 6.02. The van der Waals surface area contributed by atoms with E-state index in [9.17, 15) is 9.59 Å². The molecule has 0 unspecified atom stereocenters. The summed E-state index contributed by atoms with van der Waals surface area (Å²) < 4.78 is 6.44. The smallest absolute Gasteiger partial charge is 0.280 e. The molecular formula is C21H26N6O3. The van der Waals surface area contributed by atoms with Crippen molar-refractivity contribution in [3.05, 3.63) is 58.8 Å². The van der Waals surface area contributed by atoms with E-state index >= 15 is 0 Å². The maximum absolute atomic E-state index is 12.8. The average Bonchev–Trinajstić information content (AvgIpc) is 3.08. The second-order valence-electron chi connectivity index (χ2n) is 7.90. The number of carbonyl (C=O) groups excluding carboxylic acids is 1. The highest BCUT2D eigenvalue weighted by Gasteiger charge is 2.22. The molecular weight excluding hydrogens is 384 g/mol. The lowest BCUT2D eigenvalue weighted by Crippen LogP contribution is -2.50. The molecule has 0 saturated heterocycles. The van der Waals surface area contributed by atoms with E-state index < -0.39 is 5.54 Å². The molecule has 3 aromatic heterocycles. The summed E-state index contributed by atoms with van der Waals surface area (Å²) in [6.45, 7) is 4.62. The van der Waals surface area contributed by atoms with Gasteiger partial charge in [-0.2, -0.15) is 0 Å². The molecule has 0 aliphatic carbocycles. The average molecular weight is 410 g/mol. The third-order valence-electron chi connectivity index (χ3n) is 4.43. The molecule has 0 saturated carbocycles. The van der Waals surface area contributed by atoms with Gasteiger partial charge in [0.2, 0.25) is 5.88 Å². The Balaban J connectivity index is 1.81. The topological polar surface area (TPSA) is 105 Å². The molecule has 3 aromatic rings. The van der Waals surface area contributed by atoms with E-state index in [1.54, 1.807) is 36.7 Å². The van der Waals surface area contributed by atoms with Gasteiger partial charge in [-0.15, -0.1) is 0 Å². The molecule has 1 amide bonds. The molecule has 30 heavy (non-hydrogen) atoms. The fourth-order valence-corrected chi connectivity index (χ4v) is 3.30. The number of nitrogens with zero attached hydrogens (tertiary/aromatic N) is 4. The Morgan fingerprint density at radius 1 is 1.27 bits per heavy atom. The summed E-state index contributed by atoms with van der Waals surface area (Å²) in [5.74, 6) is 0.589. The molecule has 3 heterocycles. The van der Waals surface area contributed by atoms with E-state index in [2.05, 4.69) is 20.4 Å². The van der Waals surface area contributed by atoms with Gasteiger partial charge in [-0.1, -0.05) is 0 Å². The molecule has 0 aliphatic rings. The quantitative estimate of drug-likeness (QED) is 0.614. The summed E-state index contributed by atoms with van der Waals surface area (Å²) in [4.78, 5) is 35.7. The summed E-state index contributed by atoms with van der Waals surface area (Å²) in [6, 6.07) is 6.69. The van der Waals surface area contributed by atoms with Crippen LogP contribution in [0.1, 0.15) is 24.2 Å². The van der Waals surface area contributed by atoms with Crippen LogP contribution < -0.4 is 15.6 Å². The lowest BCUT2D eigenvalue weighted by Gasteiger charge is -2.29. The van der Waals surface area contributed by atoms with Crippen molar-refractivity contribution in [2.24, 2.45) is 0 Å². The summed E-state index contributed by atoms with van der Waals surface area (Å²) >= 11 is 0. The van der Waals surface area contributed by atoms with E-state index in [1.165, 1.54) is 18.0 Å². The third-order valence-corrected chi connectivity index (χ3v) is 4.43. The Bertz CT molecular complexity index is 1080. The van der Waals surface area contributed by atoms with Crippen LogP contribution in [0.2, 0.25) is 0 Å². The van der Waals surface area contributed by atoms with Gasteiger partial charge in [0.1, 0.15) is 0 Å². The van der Waals surface area contributed by atoms with Gasteiger partial charge >= 0.3 is 0 Å². The molecule has 158 valence electrons. The number of hydrogen-bond donors (Lipinski definition) is 2. The highest BCUT2D eigenvalue weighted by atomic mass is 16.5. The number of H-pyrrole nitrogens is 1. The van der Waals surface area contributed by atoms with Gasteiger partial charge in [0, 0.05) is 36.7 Å².